The molecule has 0 bridgehead atoms. The van der Waals surface area contributed by atoms with E-state index in [1.807, 2.05) is 78.9 Å². The second kappa shape index (κ2) is 8.21. The number of carboxylic acid groups (broad SMARTS) is 1. The molecule has 0 amide bonds. The first-order chi connectivity index (χ1) is 12.7. The number of hydrogen-bond acceptors (Lipinski definition) is 3. The lowest BCUT2D eigenvalue weighted by atomic mass is 10.0. The van der Waals surface area contributed by atoms with E-state index in [9.17, 15) is 9.90 Å². The highest BCUT2D eigenvalue weighted by molar-refractivity contribution is 5.78. The summed E-state index contributed by atoms with van der Waals surface area (Å²) in [5.74, 6) is -0.130. The van der Waals surface area contributed by atoms with Crippen molar-refractivity contribution in [1.29, 1.82) is 0 Å². The number of benzene rings is 3. The van der Waals surface area contributed by atoms with E-state index in [4.69, 9.17) is 4.74 Å². The Balaban J connectivity index is 1.76. The van der Waals surface area contributed by atoms with Crippen molar-refractivity contribution in [3.63, 3.8) is 0 Å². The number of nitrogens with one attached hydrogen (secondary N) is 1. The maximum Gasteiger partial charge on any atom is 0.326 e. The molecule has 0 aromatic heterocycles. The molecule has 3 aromatic rings. The zero-order chi connectivity index (χ0) is 18.4. The van der Waals surface area contributed by atoms with Crippen molar-refractivity contribution in [2.45, 2.75) is 12.5 Å². The average Bonchev–Trinajstić information content (AvgIpc) is 2.69. The van der Waals surface area contributed by atoms with Crippen LogP contribution in [0.3, 0.4) is 0 Å². The van der Waals surface area contributed by atoms with E-state index in [1.165, 1.54) is 0 Å². The first-order valence-electron chi connectivity index (χ1n) is 8.43. The van der Waals surface area contributed by atoms with Crippen LogP contribution in [0.5, 0.6) is 5.75 Å². The van der Waals surface area contributed by atoms with Gasteiger partial charge in [0.25, 0.3) is 0 Å². The summed E-state index contributed by atoms with van der Waals surface area (Å²) in [6, 6.07) is 24.5. The Morgan fingerprint density at radius 2 is 1.65 bits per heavy atom. The minimum absolute atomic E-state index is 0.384. The first kappa shape index (κ1) is 17.5. The second-order valence-electron chi connectivity index (χ2n) is 6.03. The van der Waals surface area contributed by atoms with Gasteiger partial charge in [0.2, 0.25) is 0 Å². The molecule has 2 N–H and O–H groups in total. The summed E-state index contributed by atoms with van der Waals surface area (Å²) < 4.78 is 5.14. The van der Waals surface area contributed by atoms with Crippen LogP contribution in [0.4, 0.5) is 5.69 Å². The molecule has 1 atom stereocenters. The lowest BCUT2D eigenvalue weighted by molar-refractivity contribution is -0.137. The minimum atomic E-state index is -0.883. The maximum absolute atomic E-state index is 11.7. The highest BCUT2D eigenvalue weighted by atomic mass is 16.5. The molecule has 0 spiro atoms. The number of carboxylic acids is 1. The van der Waals surface area contributed by atoms with Crippen LogP contribution in [0, 0.1) is 0 Å². The van der Waals surface area contributed by atoms with Crippen LogP contribution in [0.2, 0.25) is 0 Å². The monoisotopic (exact) mass is 347 g/mol. The number of carbonyl (C=O) groups is 1. The summed E-state index contributed by atoms with van der Waals surface area (Å²) in [6.45, 7) is 0. The quantitative estimate of drug-likeness (QED) is 0.662. The van der Waals surface area contributed by atoms with Gasteiger partial charge in [-0.05, 0) is 41.0 Å². The topological polar surface area (TPSA) is 58.6 Å². The van der Waals surface area contributed by atoms with Crippen LogP contribution < -0.4 is 10.1 Å². The fourth-order valence-corrected chi connectivity index (χ4v) is 2.82. The van der Waals surface area contributed by atoms with E-state index in [-0.39, 0.29) is 0 Å². The van der Waals surface area contributed by atoms with Crippen molar-refractivity contribution < 1.29 is 14.6 Å². The van der Waals surface area contributed by atoms with Crippen LogP contribution in [0.25, 0.3) is 11.1 Å². The summed E-state index contributed by atoms with van der Waals surface area (Å²) in [5, 5.41) is 12.7. The van der Waals surface area contributed by atoms with Crippen molar-refractivity contribution in [2.75, 3.05) is 12.4 Å². The normalized spacial score (nSPS) is 11.6. The smallest absolute Gasteiger partial charge is 0.326 e. The summed E-state index contributed by atoms with van der Waals surface area (Å²) >= 11 is 0. The lowest BCUT2D eigenvalue weighted by Crippen LogP contribution is -2.31. The Morgan fingerprint density at radius 1 is 0.962 bits per heavy atom. The SMILES string of the molecule is COc1ccc(CC(Nc2cccc(-c3ccccc3)c2)C(=O)O)cc1. The third-order valence-corrected chi connectivity index (χ3v) is 4.21. The van der Waals surface area contributed by atoms with Gasteiger partial charge in [0.15, 0.2) is 0 Å². The molecule has 0 aliphatic heterocycles. The number of methoxy groups -OCH3 is 1. The van der Waals surface area contributed by atoms with E-state index in [2.05, 4.69) is 5.32 Å². The van der Waals surface area contributed by atoms with Gasteiger partial charge in [-0.25, -0.2) is 4.79 Å². The van der Waals surface area contributed by atoms with Crippen molar-refractivity contribution >= 4 is 11.7 Å². The maximum atomic E-state index is 11.7. The zero-order valence-electron chi connectivity index (χ0n) is 14.6. The van der Waals surface area contributed by atoms with E-state index >= 15 is 0 Å². The van der Waals surface area contributed by atoms with Crippen LogP contribution in [-0.2, 0) is 11.2 Å². The van der Waals surface area contributed by atoms with Gasteiger partial charge < -0.3 is 15.2 Å². The lowest BCUT2D eigenvalue weighted by Gasteiger charge is -2.17. The molecule has 26 heavy (non-hydrogen) atoms. The molecule has 0 heterocycles. The first-order valence-corrected chi connectivity index (χ1v) is 8.43. The summed E-state index contributed by atoms with van der Waals surface area (Å²) in [6.07, 6.45) is 0.384. The Labute approximate surface area is 153 Å². The summed E-state index contributed by atoms with van der Waals surface area (Å²) in [5.41, 5.74) is 3.86. The predicted octanol–water partition coefficient (Wildman–Crippen LogP) is 4.47. The molecular weight excluding hydrogens is 326 g/mol. The van der Waals surface area contributed by atoms with Gasteiger partial charge in [0, 0.05) is 12.1 Å². The molecule has 0 aliphatic carbocycles. The highest BCUT2D eigenvalue weighted by Gasteiger charge is 2.18. The van der Waals surface area contributed by atoms with Gasteiger partial charge in [-0.1, -0.05) is 54.6 Å². The third kappa shape index (κ3) is 4.42. The number of anilines is 1. The molecule has 0 fully saturated rings. The average molecular weight is 347 g/mol. The molecule has 4 heteroatoms. The van der Waals surface area contributed by atoms with Gasteiger partial charge >= 0.3 is 5.97 Å². The number of ether oxygens (including phenoxy) is 1. The van der Waals surface area contributed by atoms with Crippen LogP contribution in [0.1, 0.15) is 5.56 Å². The van der Waals surface area contributed by atoms with E-state index in [0.29, 0.717) is 6.42 Å². The van der Waals surface area contributed by atoms with Crippen LogP contribution in [-0.4, -0.2) is 24.2 Å². The standard InChI is InChI=1S/C22H21NO3/c1-26-20-12-10-16(11-13-20)14-21(22(24)25)23-19-9-5-8-18(15-19)17-6-3-2-4-7-17/h2-13,15,21,23H,14H2,1H3,(H,24,25). The number of aliphatic carboxylic acids is 1. The second-order valence-corrected chi connectivity index (χ2v) is 6.03. The van der Waals surface area contributed by atoms with Crippen molar-refractivity contribution in [2.24, 2.45) is 0 Å². The van der Waals surface area contributed by atoms with Gasteiger partial charge in [-0.2, -0.15) is 0 Å². The molecule has 4 nitrogen and oxygen atoms in total. The Morgan fingerprint density at radius 3 is 2.31 bits per heavy atom. The fraction of sp³-hybridized carbons (Fsp3) is 0.136. The largest absolute Gasteiger partial charge is 0.497 e. The summed E-state index contributed by atoms with van der Waals surface area (Å²) in [4.78, 5) is 11.7. The third-order valence-electron chi connectivity index (χ3n) is 4.21. The predicted molar refractivity (Wildman–Crippen MR) is 104 cm³/mol. The Kier molecular flexibility index (Phi) is 5.54. The van der Waals surface area contributed by atoms with Gasteiger partial charge in [0.1, 0.15) is 11.8 Å². The molecule has 3 rings (SSSR count). The van der Waals surface area contributed by atoms with E-state index < -0.39 is 12.0 Å². The van der Waals surface area contributed by atoms with Crippen molar-refractivity contribution in [1.82, 2.24) is 0 Å². The molecule has 0 saturated heterocycles. The van der Waals surface area contributed by atoms with Gasteiger partial charge in [-0.3, -0.25) is 0 Å². The van der Waals surface area contributed by atoms with Crippen molar-refractivity contribution in [3.05, 3.63) is 84.4 Å². The molecule has 0 aliphatic rings. The van der Waals surface area contributed by atoms with Crippen LogP contribution >= 0.6 is 0 Å². The minimum Gasteiger partial charge on any atom is -0.497 e. The number of hydrogen-bond donors (Lipinski definition) is 2. The number of rotatable bonds is 7. The van der Waals surface area contributed by atoms with E-state index in [0.717, 1.165) is 28.1 Å². The molecule has 3 aromatic carbocycles. The Bertz CT molecular complexity index is 860. The molecule has 132 valence electrons. The molecule has 0 saturated carbocycles. The van der Waals surface area contributed by atoms with Gasteiger partial charge in [0.05, 0.1) is 7.11 Å². The molecular formula is C22H21NO3. The summed E-state index contributed by atoms with van der Waals surface area (Å²) in [7, 11) is 1.61. The van der Waals surface area contributed by atoms with E-state index in [1.54, 1.807) is 7.11 Å². The molecule has 1 unspecified atom stereocenters. The highest BCUT2D eigenvalue weighted by Crippen LogP contribution is 2.23. The van der Waals surface area contributed by atoms with Crippen LogP contribution in [0.15, 0.2) is 78.9 Å². The Hall–Kier alpha value is -3.27. The van der Waals surface area contributed by atoms with Crippen molar-refractivity contribution in [3.8, 4) is 16.9 Å². The molecule has 0 radical (unpaired) electrons. The van der Waals surface area contributed by atoms with Gasteiger partial charge in [-0.15, -0.1) is 0 Å². The fourth-order valence-electron chi connectivity index (χ4n) is 2.82. The zero-order valence-corrected chi connectivity index (χ0v) is 14.6.